The number of benzene rings is 1. The van der Waals surface area contributed by atoms with E-state index in [1.165, 1.54) is 11.1 Å². The van der Waals surface area contributed by atoms with Crippen molar-refractivity contribution in [3.8, 4) is 11.5 Å². The molecule has 0 N–H and O–H groups in total. The summed E-state index contributed by atoms with van der Waals surface area (Å²) >= 11 is 5.70. The molecule has 0 spiro atoms. The lowest BCUT2D eigenvalue weighted by Gasteiger charge is -2.14. The number of hydrogen-bond acceptors (Lipinski definition) is 2. The maximum Gasteiger partial charge on any atom is 0.164 e. The van der Waals surface area contributed by atoms with Crippen LogP contribution in [0, 0.1) is 6.92 Å². The predicted molar refractivity (Wildman–Crippen MR) is 74.7 cm³/mol. The summed E-state index contributed by atoms with van der Waals surface area (Å²) in [5.74, 6) is 2.29. The molecule has 0 saturated heterocycles. The van der Waals surface area contributed by atoms with Crippen molar-refractivity contribution in [1.29, 1.82) is 0 Å². The summed E-state index contributed by atoms with van der Waals surface area (Å²) in [5, 5.41) is 0. The Morgan fingerprint density at radius 3 is 2.24 bits per heavy atom. The molecule has 98 valence electrons. The average Bonchev–Trinajstić information content (AvgIpc) is 2.39. The van der Waals surface area contributed by atoms with Gasteiger partial charge in [0.2, 0.25) is 0 Å². The van der Waals surface area contributed by atoms with Crippen molar-refractivity contribution < 1.29 is 9.47 Å². The van der Waals surface area contributed by atoms with Crippen LogP contribution in [0.4, 0.5) is 0 Å². The van der Waals surface area contributed by atoms with E-state index in [2.05, 4.69) is 6.92 Å². The Morgan fingerprint density at radius 2 is 1.76 bits per heavy atom. The van der Waals surface area contributed by atoms with E-state index in [9.17, 15) is 0 Å². The van der Waals surface area contributed by atoms with Crippen LogP contribution >= 0.6 is 11.6 Å². The second kappa shape index (κ2) is 9.17. The molecule has 0 fully saturated rings. The largest absolute Gasteiger partial charge is 0.493 e. The number of ether oxygens (including phenoxy) is 2. The third kappa shape index (κ3) is 4.47. The number of methoxy groups -OCH3 is 2. The molecule has 0 aromatic heterocycles. The summed E-state index contributed by atoms with van der Waals surface area (Å²) in [6.07, 6.45) is 1.88. The van der Waals surface area contributed by atoms with Gasteiger partial charge in [-0.15, -0.1) is 11.6 Å². The second-order valence-corrected chi connectivity index (χ2v) is 3.77. The van der Waals surface area contributed by atoms with Gasteiger partial charge in [-0.05, 0) is 31.4 Å². The van der Waals surface area contributed by atoms with Crippen molar-refractivity contribution >= 4 is 11.6 Å². The summed E-state index contributed by atoms with van der Waals surface area (Å²) in [4.78, 5) is 0. The van der Waals surface area contributed by atoms with Crippen molar-refractivity contribution in [3.63, 3.8) is 0 Å². The molecule has 0 aliphatic heterocycles. The van der Waals surface area contributed by atoms with Crippen LogP contribution in [0.25, 0.3) is 0 Å². The SMILES string of the molecule is CC.COc1ccc(C)c(CCCCl)c1OC. The highest BCUT2D eigenvalue weighted by Crippen LogP contribution is 2.33. The van der Waals surface area contributed by atoms with Crippen LogP contribution in [0.1, 0.15) is 31.4 Å². The average molecular weight is 259 g/mol. The van der Waals surface area contributed by atoms with Crippen LogP contribution in [0.5, 0.6) is 11.5 Å². The van der Waals surface area contributed by atoms with E-state index in [0.29, 0.717) is 5.88 Å². The first-order valence-corrected chi connectivity index (χ1v) is 6.54. The molecule has 17 heavy (non-hydrogen) atoms. The van der Waals surface area contributed by atoms with Gasteiger partial charge in [0.15, 0.2) is 11.5 Å². The van der Waals surface area contributed by atoms with Crippen molar-refractivity contribution in [2.45, 2.75) is 33.6 Å². The fourth-order valence-electron chi connectivity index (χ4n) is 1.64. The highest BCUT2D eigenvalue weighted by atomic mass is 35.5. The Bertz CT molecular complexity index is 324. The normalized spacial score (nSPS) is 9.29. The summed E-state index contributed by atoms with van der Waals surface area (Å²) < 4.78 is 10.6. The Hall–Kier alpha value is -0.890. The van der Waals surface area contributed by atoms with Crippen LogP contribution in [0.15, 0.2) is 12.1 Å². The molecule has 3 heteroatoms. The van der Waals surface area contributed by atoms with E-state index in [-0.39, 0.29) is 0 Å². The quantitative estimate of drug-likeness (QED) is 0.737. The zero-order chi connectivity index (χ0) is 13.3. The molecule has 0 heterocycles. The second-order valence-electron chi connectivity index (χ2n) is 3.39. The molecule has 0 unspecified atom stereocenters. The van der Waals surface area contributed by atoms with Crippen LogP contribution in [-0.4, -0.2) is 20.1 Å². The molecule has 0 radical (unpaired) electrons. The summed E-state index contributed by atoms with van der Waals surface area (Å²) in [5.41, 5.74) is 2.41. The predicted octanol–water partition coefficient (Wildman–Crippen LogP) is 4.21. The molecule has 0 amide bonds. The topological polar surface area (TPSA) is 18.5 Å². The first kappa shape index (κ1) is 16.1. The molecular formula is C14H23ClO2. The fourth-order valence-corrected chi connectivity index (χ4v) is 1.78. The first-order chi connectivity index (χ1) is 8.24. The van der Waals surface area contributed by atoms with Gasteiger partial charge in [-0.25, -0.2) is 0 Å². The van der Waals surface area contributed by atoms with Crippen molar-refractivity contribution in [2.24, 2.45) is 0 Å². The van der Waals surface area contributed by atoms with E-state index in [1.807, 2.05) is 26.0 Å². The smallest absolute Gasteiger partial charge is 0.164 e. The minimum Gasteiger partial charge on any atom is -0.493 e. The molecule has 0 aliphatic rings. The van der Waals surface area contributed by atoms with E-state index in [4.69, 9.17) is 21.1 Å². The lowest BCUT2D eigenvalue weighted by molar-refractivity contribution is 0.351. The van der Waals surface area contributed by atoms with Gasteiger partial charge in [0.25, 0.3) is 0 Å². The van der Waals surface area contributed by atoms with Crippen LogP contribution < -0.4 is 9.47 Å². The fraction of sp³-hybridized carbons (Fsp3) is 0.571. The molecule has 1 aromatic carbocycles. The Kier molecular flexibility index (Phi) is 8.69. The van der Waals surface area contributed by atoms with Gasteiger partial charge in [-0.3, -0.25) is 0 Å². The number of alkyl halides is 1. The molecule has 1 rings (SSSR count). The van der Waals surface area contributed by atoms with Crippen LogP contribution in [-0.2, 0) is 6.42 Å². The van der Waals surface area contributed by atoms with E-state index in [1.54, 1.807) is 14.2 Å². The minimum absolute atomic E-state index is 0.666. The van der Waals surface area contributed by atoms with Crippen molar-refractivity contribution in [3.05, 3.63) is 23.3 Å². The Balaban J connectivity index is 0.00000121. The van der Waals surface area contributed by atoms with Gasteiger partial charge < -0.3 is 9.47 Å². The van der Waals surface area contributed by atoms with Gasteiger partial charge in [0.05, 0.1) is 14.2 Å². The molecule has 0 atom stereocenters. The highest BCUT2D eigenvalue weighted by molar-refractivity contribution is 6.17. The summed E-state index contributed by atoms with van der Waals surface area (Å²) in [6.45, 7) is 6.07. The molecular weight excluding hydrogens is 236 g/mol. The monoisotopic (exact) mass is 258 g/mol. The Labute approximate surface area is 110 Å². The van der Waals surface area contributed by atoms with Crippen LogP contribution in [0.3, 0.4) is 0 Å². The molecule has 0 saturated carbocycles. The van der Waals surface area contributed by atoms with Crippen LogP contribution in [0.2, 0.25) is 0 Å². The molecule has 1 aromatic rings. The molecule has 0 bridgehead atoms. The molecule has 2 nitrogen and oxygen atoms in total. The van der Waals surface area contributed by atoms with Gasteiger partial charge in [-0.1, -0.05) is 19.9 Å². The van der Waals surface area contributed by atoms with E-state index < -0.39 is 0 Å². The van der Waals surface area contributed by atoms with Gasteiger partial charge in [0.1, 0.15) is 0 Å². The molecule has 0 aliphatic carbocycles. The lowest BCUT2D eigenvalue weighted by atomic mass is 10.0. The van der Waals surface area contributed by atoms with Gasteiger partial charge >= 0.3 is 0 Å². The number of rotatable bonds is 5. The summed E-state index contributed by atoms with van der Waals surface area (Å²) in [6, 6.07) is 3.98. The zero-order valence-corrected chi connectivity index (χ0v) is 12.2. The third-order valence-electron chi connectivity index (χ3n) is 2.44. The Morgan fingerprint density at radius 1 is 1.12 bits per heavy atom. The maximum absolute atomic E-state index is 5.70. The summed E-state index contributed by atoms with van der Waals surface area (Å²) in [7, 11) is 3.32. The number of hydrogen-bond donors (Lipinski definition) is 0. The minimum atomic E-state index is 0.666. The van der Waals surface area contributed by atoms with E-state index in [0.717, 1.165) is 24.3 Å². The highest BCUT2D eigenvalue weighted by Gasteiger charge is 2.11. The first-order valence-electron chi connectivity index (χ1n) is 6.01. The number of halogens is 1. The van der Waals surface area contributed by atoms with Crippen molar-refractivity contribution in [1.82, 2.24) is 0 Å². The lowest BCUT2D eigenvalue weighted by Crippen LogP contribution is -1.99. The third-order valence-corrected chi connectivity index (χ3v) is 2.71. The van der Waals surface area contributed by atoms with Gasteiger partial charge in [0, 0.05) is 11.4 Å². The number of aryl methyl sites for hydroxylation is 1. The van der Waals surface area contributed by atoms with E-state index >= 15 is 0 Å². The maximum atomic E-state index is 5.70. The van der Waals surface area contributed by atoms with Gasteiger partial charge in [-0.2, -0.15) is 0 Å². The standard InChI is InChI=1S/C12H17ClO2.C2H6/c1-9-6-7-11(14-2)12(15-3)10(9)5-4-8-13;1-2/h6-7H,4-5,8H2,1-3H3;1-2H3. The van der Waals surface area contributed by atoms with Crippen molar-refractivity contribution in [2.75, 3.05) is 20.1 Å². The zero-order valence-electron chi connectivity index (χ0n) is 11.5.